The van der Waals surface area contributed by atoms with E-state index in [2.05, 4.69) is 25.4 Å². The Kier molecular flexibility index (Phi) is 4.49. The van der Waals surface area contributed by atoms with E-state index in [-0.39, 0.29) is 5.95 Å². The molecule has 4 aromatic rings. The maximum Gasteiger partial charge on any atom is 0.238 e. The number of nitrogens with two attached hydrogens (primary N) is 1. The smallest absolute Gasteiger partial charge is 0.238 e. The third-order valence-corrected chi connectivity index (χ3v) is 4.50. The monoisotopic (exact) mass is 350 g/mol. The van der Waals surface area contributed by atoms with Crippen LogP contribution in [0.1, 0.15) is 25.0 Å². The average Bonchev–Trinajstić information content (AvgIpc) is 3.27. The second-order valence-corrected chi connectivity index (χ2v) is 6.40. The molecule has 0 atom stereocenters. The van der Waals surface area contributed by atoms with E-state index in [0.29, 0.717) is 5.78 Å². The maximum atomic E-state index is 5.58. The molecule has 4 aromatic heterocycles. The second-order valence-electron chi connectivity index (χ2n) is 6.40. The highest BCUT2D eigenvalue weighted by molar-refractivity contribution is 5.79. The number of nitrogen functional groups attached to an aromatic ring is 1. The van der Waals surface area contributed by atoms with Crippen molar-refractivity contribution in [3.8, 4) is 11.1 Å². The van der Waals surface area contributed by atoms with Gasteiger partial charge >= 0.3 is 0 Å². The Bertz CT molecular complexity index is 1020. The lowest BCUT2D eigenvalue weighted by Gasteiger charge is -2.08. The fraction of sp³-hybridized carbons (Fsp3) is 0.333. The van der Waals surface area contributed by atoms with Crippen molar-refractivity contribution in [3.63, 3.8) is 0 Å². The van der Waals surface area contributed by atoms with Crippen molar-refractivity contribution in [1.29, 1.82) is 0 Å². The molecular formula is C18H22N8. The van der Waals surface area contributed by atoms with Gasteiger partial charge in [0, 0.05) is 35.4 Å². The summed E-state index contributed by atoms with van der Waals surface area (Å²) in [5.74, 6) is 0.939. The van der Waals surface area contributed by atoms with Crippen molar-refractivity contribution < 1.29 is 0 Å². The van der Waals surface area contributed by atoms with E-state index < -0.39 is 0 Å². The molecule has 0 bridgehead atoms. The number of anilines is 1. The third kappa shape index (κ3) is 3.23. The van der Waals surface area contributed by atoms with Gasteiger partial charge in [0.2, 0.25) is 11.7 Å². The summed E-state index contributed by atoms with van der Waals surface area (Å²) in [6.45, 7) is 4.49. The highest BCUT2D eigenvalue weighted by Gasteiger charge is 2.09. The van der Waals surface area contributed by atoms with Crippen LogP contribution in [0.2, 0.25) is 0 Å². The summed E-state index contributed by atoms with van der Waals surface area (Å²) in [4.78, 5) is 12.6. The van der Waals surface area contributed by atoms with Gasteiger partial charge in [0.25, 0.3) is 0 Å². The number of hydrogen-bond donors (Lipinski definition) is 2. The summed E-state index contributed by atoms with van der Waals surface area (Å²) in [6.07, 6.45) is 13.4. The Morgan fingerprint density at radius 2 is 1.85 bits per heavy atom. The number of imidazole rings is 1. The van der Waals surface area contributed by atoms with Crippen LogP contribution >= 0.6 is 0 Å². The van der Waals surface area contributed by atoms with E-state index >= 15 is 0 Å². The molecule has 0 saturated carbocycles. The van der Waals surface area contributed by atoms with Crippen LogP contribution in [0, 0.1) is 6.92 Å². The second kappa shape index (κ2) is 7.09. The van der Waals surface area contributed by atoms with Gasteiger partial charge in [0.15, 0.2) is 0 Å². The number of rotatable bonds is 1. The summed E-state index contributed by atoms with van der Waals surface area (Å²) >= 11 is 0. The Morgan fingerprint density at radius 1 is 1.04 bits per heavy atom. The van der Waals surface area contributed by atoms with E-state index in [0.717, 1.165) is 22.3 Å². The van der Waals surface area contributed by atoms with Crippen LogP contribution < -0.4 is 11.1 Å². The lowest BCUT2D eigenvalue weighted by atomic mass is 10.1. The van der Waals surface area contributed by atoms with Gasteiger partial charge in [-0.05, 0) is 38.9 Å². The van der Waals surface area contributed by atoms with Crippen LogP contribution in [0.4, 0.5) is 5.95 Å². The quantitative estimate of drug-likeness (QED) is 0.545. The summed E-state index contributed by atoms with van der Waals surface area (Å²) in [5.41, 5.74) is 9.50. The summed E-state index contributed by atoms with van der Waals surface area (Å²) < 4.78 is 3.67. The minimum Gasteiger partial charge on any atom is -0.367 e. The molecule has 8 heteroatoms. The standard InChI is InChI=1S/C13H11N7.C5H11N/c1-8-4-16-13-17-5-9(7-19(8)13)10-2-3-20-11(10)6-15-12(14)18-20;1-2-4-6-5-3-1/h2-7H,1H3,(H2,14,18);6H,1-5H2. The van der Waals surface area contributed by atoms with E-state index in [9.17, 15) is 0 Å². The number of nitrogens with one attached hydrogen (secondary N) is 1. The van der Waals surface area contributed by atoms with Gasteiger partial charge in [0.05, 0.1) is 17.9 Å². The summed E-state index contributed by atoms with van der Waals surface area (Å²) in [5, 5.41) is 7.42. The number of fused-ring (bicyclic) bond motifs is 2. The van der Waals surface area contributed by atoms with Gasteiger partial charge in [-0.1, -0.05) is 6.42 Å². The van der Waals surface area contributed by atoms with E-state index in [1.54, 1.807) is 23.1 Å². The molecule has 1 aliphatic rings. The van der Waals surface area contributed by atoms with Crippen molar-refractivity contribution >= 4 is 17.2 Å². The molecule has 0 aromatic carbocycles. The number of hydrogen-bond acceptors (Lipinski definition) is 6. The normalized spacial score (nSPS) is 14.3. The van der Waals surface area contributed by atoms with Gasteiger partial charge in [-0.2, -0.15) is 0 Å². The predicted octanol–water partition coefficient (Wildman–Crippen LogP) is 2.09. The molecule has 0 aliphatic carbocycles. The van der Waals surface area contributed by atoms with E-state index in [4.69, 9.17) is 5.73 Å². The predicted molar refractivity (Wildman–Crippen MR) is 101 cm³/mol. The molecule has 0 radical (unpaired) electrons. The first-order valence-corrected chi connectivity index (χ1v) is 8.83. The summed E-state index contributed by atoms with van der Waals surface area (Å²) in [6, 6.07) is 1.97. The van der Waals surface area contributed by atoms with Crippen molar-refractivity contribution in [2.24, 2.45) is 0 Å². The number of nitrogens with zero attached hydrogens (tertiary/aromatic N) is 6. The number of aryl methyl sites for hydroxylation is 1. The van der Waals surface area contributed by atoms with Crippen LogP contribution in [0.5, 0.6) is 0 Å². The highest BCUT2D eigenvalue weighted by atomic mass is 15.3. The number of aromatic nitrogens is 6. The zero-order valence-electron chi connectivity index (χ0n) is 14.8. The molecule has 0 unspecified atom stereocenters. The van der Waals surface area contributed by atoms with Crippen LogP contribution in [0.15, 0.2) is 37.1 Å². The third-order valence-electron chi connectivity index (χ3n) is 4.50. The Labute approximate surface area is 151 Å². The minimum atomic E-state index is 0.249. The Hall–Kier alpha value is -3.00. The zero-order chi connectivity index (χ0) is 17.9. The minimum absolute atomic E-state index is 0.249. The van der Waals surface area contributed by atoms with Gasteiger partial charge in [-0.15, -0.1) is 5.10 Å². The molecule has 0 spiro atoms. The average molecular weight is 350 g/mol. The van der Waals surface area contributed by atoms with E-state index in [1.165, 1.54) is 32.4 Å². The van der Waals surface area contributed by atoms with Crippen molar-refractivity contribution in [2.45, 2.75) is 26.2 Å². The molecule has 0 amide bonds. The van der Waals surface area contributed by atoms with Gasteiger partial charge in [-0.25, -0.2) is 19.5 Å². The SMILES string of the molecule is C1CCNCC1.Cc1cnc2ncc(-c3ccn4nc(N)ncc34)cn12. The molecule has 5 heterocycles. The van der Waals surface area contributed by atoms with Crippen molar-refractivity contribution in [1.82, 2.24) is 34.3 Å². The molecule has 26 heavy (non-hydrogen) atoms. The Balaban J connectivity index is 0.000000240. The van der Waals surface area contributed by atoms with Crippen LogP contribution in [0.25, 0.3) is 22.4 Å². The fourth-order valence-corrected chi connectivity index (χ4v) is 3.09. The van der Waals surface area contributed by atoms with E-state index in [1.807, 2.05) is 29.8 Å². The van der Waals surface area contributed by atoms with Crippen molar-refractivity contribution in [2.75, 3.05) is 18.8 Å². The molecule has 1 fully saturated rings. The largest absolute Gasteiger partial charge is 0.367 e. The molecule has 134 valence electrons. The maximum absolute atomic E-state index is 5.58. The Morgan fingerprint density at radius 3 is 2.58 bits per heavy atom. The van der Waals surface area contributed by atoms with Gasteiger partial charge < -0.3 is 11.1 Å². The van der Waals surface area contributed by atoms with Crippen LogP contribution in [0.3, 0.4) is 0 Å². The molecular weight excluding hydrogens is 328 g/mol. The molecule has 1 saturated heterocycles. The first kappa shape index (κ1) is 16.5. The molecule has 3 N–H and O–H groups in total. The van der Waals surface area contributed by atoms with Gasteiger partial charge in [0.1, 0.15) is 0 Å². The first-order valence-electron chi connectivity index (χ1n) is 8.83. The molecule has 8 nitrogen and oxygen atoms in total. The van der Waals surface area contributed by atoms with Crippen LogP contribution in [-0.4, -0.2) is 42.1 Å². The molecule has 1 aliphatic heterocycles. The number of piperidine rings is 1. The van der Waals surface area contributed by atoms with Gasteiger partial charge in [-0.3, -0.25) is 4.40 Å². The summed E-state index contributed by atoms with van der Waals surface area (Å²) in [7, 11) is 0. The van der Waals surface area contributed by atoms with Crippen molar-refractivity contribution in [3.05, 3.63) is 42.7 Å². The molecule has 5 rings (SSSR count). The highest BCUT2D eigenvalue weighted by Crippen LogP contribution is 2.24. The lowest BCUT2D eigenvalue weighted by Crippen LogP contribution is -2.21. The van der Waals surface area contributed by atoms with Crippen LogP contribution in [-0.2, 0) is 0 Å². The fourth-order valence-electron chi connectivity index (χ4n) is 3.09. The lowest BCUT2D eigenvalue weighted by molar-refractivity contribution is 0.520. The zero-order valence-corrected chi connectivity index (χ0v) is 14.8. The first-order chi connectivity index (χ1) is 12.7. The topological polar surface area (TPSA) is 98.4 Å².